The Morgan fingerprint density at radius 2 is 1.83 bits per heavy atom. The number of nitrogens with one attached hydrogen (secondary N) is 1. The van der Waals surface area contributed by atoms with Crippen LogP contribution in [0.3, 0.4) is 0 Å². The molecule has 0 saturated carbocycles. The Morgan fingerprint density at radius 3 is 2.37 bits per heavy atom. The van der Waals surface area contributed by atoms with Crippen molar-refractivity contribution in [3.63, 3.8) is 0 Å². The van der Waals surface area contributed by atoms with Crippen molar-refractivity contribution in [1.29, 1.82) is 0 Å². The third kappa shape index (κ3) is 6.82. The Morgan fingerprint density at radius 1 is 1.14 bits per heavy atom. The minimum atomic E-state index is -4.09. The summed E-state index contributed by atoms with van der Waals surface area (Å²) in [5.74, 6) is -0.600. The molecule has 0 heterocycles. The molecule has 0 aliphatic heterocycles. The van der Waals surface area contributed by atoms with Crippen LogP contribution in [-0.4, -0.2) is 70.2 Å². The normalized spacial score (nSPS) is 11.8. The molecule has 0 fully saturated rings. The molecule has 1 unspecified atom stereocenters. The standard InChI is InChI=1S/C22H28N4O8S/c1-15(22(28)23-2)24(13-16-7-6-8-18(11-16)33-3)21(27)14-25(35(5,31)32)19-12-17(26(29)30)9-10-20(19)34-4/h6-12,15H,13-14H2,1-5H3,(H,23,28). The van der Waals surface area contributed by atoms with E-state index < -0.39 is 39.3 Å². The van der Waals surface area contributed by atoms with Gasteiger partial charge in [-0.1, -0.05) is 12.1 Å². The highest BCUT2D eigenvalue weighted by molar-refractivity contribution is 7.92. The number of nitro benzene ring substituents is 1. The summed E-state index contributed by atoms with van der Waals surface area (Å²) in [5, 5.41) is 13.8. The molecular formula is C22H28N4O8S. The quantitative estimate of drug-likeness (QED) is 0.355. The van der Waals surface area contributed by atoms with E-state index in [9.17, 15) is 28.1 Å². The molecule has 1 N–H and O–H groups in total. The molecule has 0 saturated heterocycles. The minimum Gasteiger partial charge on any atom is -0.497 e. The first-order valence-electron chi connectivity index (χ1n) is 10.4. The summed E-state index contributed by atoms with van der Waals surface area (Å²) >= 11 is 0. The van der Waals surface area contributed by atoms with Crippen LogP contribution in [-0.2, 0) is 26.2 Å². The van der Waals surface area contributed by atoms with Crippen LogP contribution in [0, 0.1) is 10.1 Å². The third-order valence-electron chi connectivity index (χ3n) is 5.22. The molecule has 2 rings (SSSR count). The number of carbonyl (C=O) groups excluding carboxylic acids is 2. The third-order valence-corrected chi connectivity index (χ3v) is 6.35. The Labute approximate surface area is 203 Å². The molecule has 0 radical (unpaired) electrons. The number of carbonyl (C=O) groups is 2. The van der Waals surface area contributed by atoms with Gasteiger partial charge in [-0.15, -0.1) is 0 Å². The number of nitro groups is 1. The number of non-ortho nitro benzene ring substituents is 1. The summed E-state index contributed by atoms with van der Waals surface area (Å²) in [7, 11) is 0.0917. The topological polar surface area (TPSA) is 148 Å². The van der Waals surface area contributed by atoms with Gasteiger partial charge in [-0.05, 0) is 30.7 Å². The zero-order valence-corrected chi connectivity index (χ0v) is 20.9. The predicted molar refractivity (Wildman–Crippen MR) is 129 cm³/mol. The summed E-state index contributed by atoms with van der Waals surface area (Å²) in [4.78, 5) is 37.6. The number of hydrogen-bond acceptors (Lipinski definition) is 8. The van der Waals surface area contributed by atoms with Crippen molar-refractivity contribution in [2.24, 2.45) is 0 Å². The lowest BCUT2D eigenvalue weighted by molar-refractivity contribution is -0.384. The maximum Gasteiger partial charge on any atom is 0.271 e. The minimum absolute atomic E-state index is 0.0195. The molecule has 0 aliphatic rings. The SMILES string of the molecule is CNC(=O)C(C)N(Cc1cccc(OC)c1)C(=O)CN(c1cc([N+](=O)[O-])ccc1OC)S(C)(=O)=O. The van der Waals surface area contributed by atoms with Crippen LogP contribution in [0.15, 0.2) is 42.5 Å². The number of benzene rings is 2. The number of anilines is 1. The molecule has 13 heteroatoms. The Bertz CT molecular complexity index is 1200. The fraction of sp³-hybridized carbons (Fsp3) is 0.364. The lowest BCUT2D eigenvalue weighted by atomic mass is 10.1. The highest BCUT2D eigenvalue weighted by Gasteiger charge is 2.31. The molecular weight excluding hydrogens is 480 g/mol. The highest BCUT2D eigenvalue weighted by Crippen LogP contribution is 2.34. The van der Waals surface area contributed by atoms with Crippen molar-refractivity contribution in [3.05, 3.63) is 58.1 Å². The molecule has 35 heavy (non-hydrogen) atoms. The van der Waals surface area contributed by atoms with Gasteiger partial charge in [-0.3, -0.25) is 24.0 Å². The van der Waals surface area contributed by atoms with E-state index >= 15 is 0 Å². The van der Waals surface area contributed by atoms with Gasteiger partial charge in [0.15, 0.2) is 0 Å². The van der Waals surface area contributed by atoms with E-state index in [0.29, 0.717) is 11.3 Å². The smallest absolute Gasteiger partial charge is 0.271 e. The second kappa shape index (κ2) is 11.5. The molecule has 2 aromatic rings. The Balaban J connectivity index is 2.52. The summed E-state index contributed by atoms with van der Waals surface area (Å²) in [6, 6.07) is 9.33. The molecule has 0 spiro atoms. The first kappa shape index (κ1) is 27.4. The van der Waals surface area contributed by atoms with Crippen molar-refractivity contribution in [3.8, 4) is 11.5 Å². The van der Waals surface area contributed by atoms with Crippen LogP contribution in [0.2, 0.25) is 0 Å². The van der Waals surface area contributed by atoms with E-state index in [1.165, 1.54) is 39.2 Å². The van der Waals surface area contributed by atoms with Gasteiger partial charge in [-0.25, -0.2) is 8.42 Å². The van der Waals surface area contributed by atoms with Crippen LogP contribution < -0.4 is 19.1 Å². The van der Waals surface area contributed by atoms with Gasteiger partial charge in [0.25, 0.3) is 5.69 Å². The van der Waals surface area contributed by atoms with Gasteiger partial charge >= 0.3 is 0 Å². The molecule has 12 nitrogen and oxygen atoms in total. The molecule has 2 aromatic carbocycles. The van der Waals surface area contributed by atoms with Crippen molar-refractivity contribution in [2.75, 3.05) is 38.4 Å². The van der Waals surface area contributed by atoms with Gasteiger partial charge in [0.05, 0.1) is 25.4 Å². The number of sulfonamides is 1. The number of hydrogen-bond donors (Lipinski definition) is 1. The van der Waals surface area contributed by atoms with Crippen LogP contribution >= 0.6 is 0 Å². The van der Waals surface area contributed by atoms with Crippen molar-refractivity contribution in [1.82, 2.24) is 10.2 Å². The van der Waals surface area contributed by atoms with E-state index in [1.807, 2.05) is 0 Å². The van der Waals surface area contributed by atoms with Crippen LogP contribution in [0.4, 0.5) is 11.4 Å². The second-order valence-corrected chi connectivity index (χ2v) is 9.45. The van der Waals surface area contributed by atoms with Crippen LogP contribution in [0.5, 0.6) is 11.5 Å². The zero-order chi connectivity index (χ0) is 26.3. The summed E-state index contributed by atoms with van der Waals surface area (Å²) in [6.07, 6.45) is 0.868. The van der Waals surface area contributed by atoms with E-state index in [1.54, 1.807) is 24.3 Å². The van der Waals surface area contributed by atoms with E-state index in [4.69, 9.17) is 9.47 Å². The lowest BCUT2D eigenvalue weighted by Gasteiger charge is -2.31. The fourth-order valence-corrected chi connectivity index (χ4v) is 4.19. The Kier molecular flexibility index (Phi) is 9.00. The molecule has 1 atom stereocenters. The fourth-order valence-electron chi connectivity index (χ4n) is 3.34. The average molecular weight is 509 g/mol. The van der Waals surface area contributed by atoms with Gasteiger partial charge in [0, 0.05) is 25.7 Å². The van der Waals surface area contributed by atoms with E-state index in [2.05, 4.69) is 5.32 Å². The van der Waals surface area contributed by atoms with Gasteiger partial charge in [0.2, 0.25) is 21.8 Å². The molecule has 2 amide bonds. The maximum absolute atomic E-state index is 13.4. The average Bonchev–Trinajstić information content (AvgIpc) is 2.83. The summed E-state index contributed by atoms with van der Waals surface area (Å²) in [5.41, 5.74) is 0.0904. The Hall–Kier alpha value is -3.87. The highest BCUT2D eigenvalue weighted by atomic mass is 32.2. The van der Waals surface area contributed by atoms with Crippen molar-refractivity contribution in [2.45, 2.75) is 19.5 Å². The number of likely N-dealkylation sites (N-methyl/N-ethyl adjacent to an activating group) is 1. The van der Waals surface area contributed by atoms with E-state index in [-0.39, 0.29) is 23.7 Å². The van der Waals surface area contributed by atoms with Crippen LogP contribution in [0.25, 0.3) is 0 Å². The number of rotatable bonds is 11. The maximum atomic E-state index is 13.4. The second-order valence-electron chi connectivity index (χ2n) is 7.55. The largest absolute Gasteiger partial charge is 0.497 e. The summed E-state index contributed by atoms with van der Waals surface area (Å²) < 4.78 is 36.5. The lowest BCUT2D eigenvalue weighted by Crippen LogP contribution is -2.50. The number of amides is 2. The van der Waals surface area contributed by atoms with Gasteiger partial charge in [0.1, 0.15) is 29.8 Å². The molecule has 0 aromatic heterocycles. The van der Waals surface area contributed by atoms with Crippen LogP contribution in [0.1, 0.15) is 12.5 Å². The monoisotopic (exact) mass is 508 g/mol. The first-order chi connectivity index (χ1) is 16.4. The molecule has 0 aliphatic carbocycles. The number of ether oxygens (including phenoxy) is 2. The van der Waals surface area contributed by atoms with Crippen molar-refractivity contribution < 1.29 is 32.4 Å². The predicted octanol–water partition coefficient (Wildman–Crippen LogP) is 1.54. The number of methoxy groups -OCH3 is 2. The summed E-state index contributed by atoms with van der Waals surface area (Å²) in [6.45, 7) is 0.769. The zero-order valence-electron chi connectivity index (χ0n) is 20.0. The molecule has 0 bridgehead atoms. The van der Waals surface area contributed by atoms with Gasteiger partial charge < -0.3 is 19.7 Å². The number of nitrogens with zero attached hydrogens (tertiary/aromatic N) is 3. The first-order valence-corrected chi connectivity index (χ1v) is 12.2. The van der Waals surface area contributed by atoms with E-state index in [0.717, 1.165) is 22.7 Å². The van der Waals surface area contributed by atoms with Gasteiger partial charge in [-0.2, -0.15) is 0 Å². The molecule has 190 valence electrons. The van der Waals surface area contributed by atoms with Crippen molar-refractivity contribution >= 4 is 33.2 Å².